The minimum Gasteiger partial charge on any atom is -0.352 e. The van der Waals surface area contributed by atoms with Crippen molar-refractivity contribution in [3.05, 3.63) is 130 Å². The zero-order chi connectivity index (χ0) is 32.7. The van der Waals surface area contributed by atoms with Crippen LogP contribution in [0.3, 0.4) is 0 Å². The number of carbonyl (C=O) groups excluding carboxylic acids is 2. The quantitative estimate of drug-likeness (QED) is 0.172. The van der Waals surface area contributed by atoms with Gasteiger partial charge in [-0.25, -0.2) is 8.42 Å². The van der Waals surface area contributed by atoms with Crippen LogP contribution in [0.25, 0.3) is 0 Å². The zero-order valence-corrected chi connectivity index (χ0v) is 27.9. The number of nitrogens with zero attached hydrogens (tertiary/aromatic N) is 2. The predicted octanol–water partition coefficient (Wildman–Crippen LogP) is 7.20. The Morgan fingerprint density at radius 2 is 1.46 bits per heavy atom. The van der Waals surface area contributed by atoms with Crippen molar-refractivity contribution in [3.8, 4) is 0 Å². The molecule has 0 bridgehead atoms. The molecule has 1 atom stereocenters. The Bertz CT molecular complexity index is 1750. The Hall–Kier alpha value is -3.85. The number of benzene rings is 4. The smallest absolute Gasteiger partial charge is 0.264 e. The number of hydrogen-bond acceptors (Lipinski definition) is 4. The number of amides is 2. The van der Waals surface area contributed by atoms with E-state index in [1.165, 1.54) is 29.2 Å². The molecule has 240 valence electrons. The third-order valence-corrected chi connectivity index (χ3v) is 10.6. The van der Waals surface area contributed by atoms with Gasteiger partial charge in [0.15, 0.2) is 0 Å². The highest BCUT2D eigenvalue weighted by Gasteiger charge is 2.36. The van der Waals surface area contributed by atoms with E-state index in [0.717, 1.165) is 46.7 Å². The van der Waals surface area contributed by atoms with Gasteiger partial charge in [0, 0.05) is 24.0 Å². The summed E-state index contributed by atoms with van der Waals surface area (Å²) in [5, 5.41) is 3.55. The van der Waals surface area contributed by atoms with Crippen LogP contribution in [0.4, 0.5) is 5.69 Å². The van der Waals surface area contributed by atoms with Crippen LogP contribution in [0.1, 0.15) is 42.4 Å². The molecule has 46 heavy (non-hydrogen) atoms. The molecule has 0 radical (unpaired) electrons. The van der Waals surface area contributed by atoms with Crippen molar-refractivity contribution in [2.24, 2.45) is 0 Å². The van der Waals surface area contributed by atoms with Crippen LogP contribution in [0.5, 0.6) is 0 Å². The third kappa shape index (κ3) is 8.29. The number of anilines is 1. The van der Waals surface area contributed by atoms with E-state index in [0.29, 0.717) is 0 Å². The van der Waals surface area contributed by atoms with Crippen LogP contribution in [0.2, 0.25) is 10.0 Å². The molecule has 0 heterocycles. The van der Waals surface area contributed by atoms with Crippen LogP contribution in [-0.4, -0.2) is 43.8 Å². The maximum Gasteiger partial charge on any atom is 0.264 e. The molecular weight excluding hydrogens is 641 g/mol. The summed E-state index contributed by atoms with van der Waals surface area (Å²) in [5.74, 6) is -0.827. The molecule has 0 aliphatic heterocycles. The molecule has 10 heteroatoms. The van der Waals surface area contributed by atoms with Gasteiger partial charge in [-0.05, 0) is 61.2 Å². The topological polar surface area (TPSA) is 86.8 Å². The Morgan fingerprint density at radius 1 is 0.848 bits per heavy atom. The summed E-state index contributed by atoms with van der Waals surface area (Å²) < 4.78 is 29.4. The number of aryl methyl sites for hydroxylation is 1. The number of sulfonamides is 1. The average molecular weight is 679 g/mol. The second-order valence-electron chi connectivity index (χ2n) is 11.6. The minimum absolute atomic E-state index is 0.00337. The van der Waals surface area contributed by atoms with E-state index in [-0.39, 0.29) is 45.5 Å². The molecule has 1 aliphatic rings. The molecular formula is C36H37Cl2N3O4S. The van der Waals surface area contributed by atoms with Gasteiger partial charge in [-0.3, -0.25) is 13.9 Å². The summed E-state index contributed by atoms with van der Waals surface area (Å²) in [6.07, 6.45) is 4.08. The van der Waals surface area contributed by atoms with E-state index >= 15 is 0 Å². The first-order valence-electron chi connectivity index (χ1n) is 15.3. The van der Waals surface area contributed by atoms with Crippen LogP contribution in [-0.2, 0) is 32.6 Å². The van der Waals surface area contributed by atoms with Crippen molar-refractivity contribution in [1.29, 1.82) is 0 Å². The van der Waals surface area contributed by atoms with Crippen LogP contribution in [0.15, 0.2) is 108 Å². The van der Waals surface area contributed by atoms with E-state index in [1.807, 2.05) is 67.6 Å². The summed E-state index contributed by atoms with van der Waals surface area (Å²) in [4.78, 5) is 30.2. The lowest BCUT2D eigenvalue weighted by Gasteiger charge is -2.34. The highest BCUT2D eigenvalue weighted by molar-refractivity contribution is 7.92. The van der Waals surface area contributed by atoms with Gasteiger partial charge in [0.25, 0.3) is 10.0 Å². The molecule has 7 nitrogen and oxygen atoms in total. The van der Waals surface area contributed by atoms with E-state index in [9.17, 15) is 18.0 Å². The van der Waals surface area contributed by atoms with Gasteiger partial charge in [-0.15, -0.1) is 0 Å². The lowest BCUT2D eigenvalue weighted by atomic mass is 10.0. The lowest BCUT2D eigenvalue weighted by molar-refractivity contribution is -0.140. The summed E-state index contributed by atoms with van der Waals surface area (Å²) in [7, 11) is -4.29. The van der Waals surface area contributed by atoms with E-state index in [1.54, 1.807) is 18.2 Å². The summed E-state index contributed by atoms with van der Waals surface area (Å²) >= 11 is 12.9. The number of halogens is 2. The SMILES string of the molecule is Cc1ccc(S(=O)(=O)N(CC(=O)N(Cc2ccccc2)C(Cc2ccccc2)C(=O)NC2CCCC2)c2cc(Cl)ccc2Cl)cc1. The predicted molar refractivity (Wildman–Crippen MR) is 183 cm³/mol. The van der Waals surface area contributed by atoms with Gasteiger partial charge >= 0.3 is 0 Å². The van der Waals surface area contributed by atoms with Crippen LogP contribution >= 0.6 is 23.2 Å². The van der Waals surface area contributed by atoms with Gasteiger partial charge in [0.2, 0.25) is 11.8 Å². The van der Waals surface area contributed by atoms with Gasteiger partial charge in [-0.1, -0.05) is 114 Å². The minimum atomic E-state index is -4.29. The van der Waals surface area contributed by atoms with Crippen molar-refractivity contribution < 1.29 is 18.0 Å². The largest absolute Gasteiger partial charge is 0.352 e. The summed E-state index contributed by atoms with van der Waals surface area (Å²) in [6.45, 7) is 1.35. The molecule has 4 aromatic rings. The first-order chi connectivity index (χ1) is 22.1. The molecule has 2 amide bonds. The summed E-state index contributed by atoms with van der Waals surface area (Å²) in [5.41, 5.74) is 2.63. The number of rotatable bonds is 12. The molecule has 0 spiro atoms. The second kappa shape index (κ2) is 15.2. The second-order valence-corrected chi connectivity index (χ2v) is 14.3. The van der Waals surface area contributed by atoms with Crippen molar-refractivity contribution in [3.63, 3.8) is 0 Å². The zero-order valence-electron chi connectivity index (χ0n) is 25.6. The molecule has 0 aromatic heterocycles. The van der Waals surface area contributed by atoms with Crippen molar-refractivity contribution in [1.82, 2.24) is 10.2 Å². The Labute approximate surface area is 281 Å². The highest BCUT2D eigenvalue weighted by atomic mass is 35.5. The number of hydrogen-bond donors (Lipinski definition) is 1. The van der Waals surface area contributed by atoms with Crippen LogP contribution < -0.4 is 9.62 Å². The monoisotopic (exact) mass is 677 g/mol. The molecule has 4 aromatic carbocycles. The molecule has 5 rings (SSSR count). The van der Waals surface area contributed by atoms with E-state index < -0.39 is 28.5 Å². The molecule has 1 aliphatic carbocycles. The average Bonchev–Trinajstić information content (AvgIpc) is 3.57. The molecule has 0 saturated heterocycles. The standard InChI is InChI=1S/C36H37Cl2N3O4S/c1-26-16-19-31(20-17-26)46(44,45)41(33-23-29(37)18-21-32(33)38)25-35(42)40(24-28-12-6-3-7-13-28)34(22-27-10-4-2-5-11-27)36(43)39-30-14-8-9-15-30/h2-7,10-13,16-21,23,30,34H,8-9,14-15,22,24-25H2,1H3,(H,39,43). The molecule has 1 fully saturated rings. The Morgan fingerprint density at radius 3 is 2.09 bits per heavy atom. The Kier molecular flexibility index (Phi) is 11.0. The maximum absolute atomic E-state index is 14.6. The van der Waals surface area contributed by atoms with E-state index in [4.69, 9.17) is 23.2 Å². The molecule has 1 saturated carbocycles. The molecule has 1 unspecified atom stereocenters. The van der Waals surface area contributed by atoms with Gasteiger partial charge in [0.05, 0.1) is 15.6 Å². The maximum atomic E-state index is 14.6. The lowest BCUT2D eigenvalue weighted by Crippen LogP contribution is -2.54. The van der Waals surface area contributed by atoms with E-state index in [2.05, 4.69) is 5.32 Å². The van der Waals surface area contributed by atoms with Crippen molar-refractivity contribution in [2.75, 3.05) is 10.8 Å². The Balaban J connectivity index is 1.58. The fourth-order valence-corrected chi connectivity index (χ4v) is 7.59. The van der Waals surface area contributed by atoms with Crippen molar-refractivity contribution in [2.45, 2.75) is 62.6 Å². The van der Waals surface area contributed by atoms with Crippen molar-refractivity contribution >= 4 is 50.7 Å². The normalized spacial score (nSPS) is 14.1. The third-order valence-electron chi connectivity index (χ3n) is 8.23. The fraction of sp³-hybridized carbons (Fsp3) is 0.278. The first kappa shape index (κ1) is 33.5. The highest BCUT2D eigenvalue weighted by Crippen LogP contribution is 2.33. The fourth-order valence-electron chi connectivity index (χ4n) is 5.73. The number of carbonyl (C=O) groups is 2. The van der Waals surface area contributed by atoms with Gasteiger partial charge < -0.3 is 10.2 Å². The number of nitrogens with one attached hydrogen (secondary N) is 1. The summed E-state index contributed by atoms with van der Waals surface area (Å²) in [6, 6.07) is 28.8. The van der Waals surface area contributed by atoms with Gasteiger partial charge in [0.1, 0.15) is 12.6 Å². The first-order valence-corrected chi connectivity index (χ1v) is 17.5. The molecule has 1 N–H and O–H groups in total. The van der Waals surface area contributed by atoms with Gasteiger partial charge in [-0.2, -0.15) is 0 Å². The van der Waals surface area contributed by atoms with Crippen LogP contribution in [0, 0.1) is 6.92 Å².